The largest absolute Gasteiger partial charge is 0.433 e. The maximum atomic E-state index is 8.42. The van der Waals surface area contributed by atoms with Gasteiger partial charge in [-0.3, -0.25) is 0 Å². The summed E-state index contributed by atoms with van der Waals surface area (Å²) in [4.78, 5) is 3.82. The Morgan fingerprint density at radius 2 is 2.70 bits per heavy atom. The van der Waals surface area contributed by atoms with Crippen LogP contribution in [-0.2, 0) is 6.42 Å². The first-order chi connectivity index (χ1) is 4.88. The van der Waals surface area contributed by atoms with Crippen molar-refractivity contribution in [1.82, 2.24) is 4.98 Å². The topological polar surface area (TPSA) is 49.8 Å². The molecule has 0 aliphatic heterocycles. The Morgan fingerprint density at radius 1 is 1.90 bits per heavy atom. The van der Waals surface area contributed by atoms with Gasteiger partial charge in [-0.05, 0) is 0 Å². The van der Waals surface area contributed by atoms with Crippen LogP contribution in [0.15, 0.2) is 23.5 Å². The van der Waals surface area contributed by atoms with Crippen molar-refractivity contribution in [2.75, 3.05) is 0 Å². The molecular weight excluding hydrogens is 128 g/mol. The predicted molar refractivity (Wildman–Crippen MR) is 35.1 cm³/mol. The number of allylic oxidation sites excluding steroid dienone is 1. The number of nitriles is 1. The van der Waals surface area contributed by atoms with Gasteiger partial charge in [0.25, 0.3) is 0 Å². The van der Waals surface area contributed by atoms with Crippen molar-refractivity contribution in [1.29, 1.82) is 5.26 Å². The zero-order valence-corrected chi connectivity index (χ0v) is 5.37. The molecule has 1 rings (SSSR count). The summed E-state index contributed by atoms with van der Waals surface area (Å²) in [6.45, 7) is 3.52. The number of rotatable bonds is 2. The highest BCUT2D eigenvalue weighted by molar-refractivity contribution is 5.23. The Kier molecular flexibility index (Phi) is 1.86. The van der Waals surface area contributed by atoms with Gasteiger partial charge in [0.15, 0.2) is 6.39 Å². The van der Waals surface area contributed by atoms with Gasteiger partial charge in [0.05, 0.1) is 0 Å². The maximum Gasteiger partial charge on any atom is 0.227 e. The molecule has 0 aliphatic rings. The van der Waals surface area contributed by atoms with Gasteiger partial charge in [-0.1, -0.05) is 6.08 Å². The maximum absolute atomic E-state index is 8.42. The van der Waals surface area contributed by atoms with E-state index in [4.69, 9.17) is 9.68 Å². The van der Waals surface area contributed by atoms with Crippen LogP contribution in [-0.4, -0.2) is 4.98 Å². The molecule has 0 radical (unpaired) electrons. The average Bonchev–Trinajstić information content (AvgIpc) is 2.36. The second-order valence-corrected chi connectivity index (χ2v) is 1.73. The minimum Gasteiger partial charge on any atom is -0.433 e. The van der Waals surface area contributed by atoms with E-state index in [-0.39, 0.29) is 5.76 Å². The monoisotopic (exact) mass is 134 g/mol. The second kappa shape index (κ2) is 2.83. The van der Waals surface area contributed by atoms with Crippen molar-refractivity contribution in [3.8, 4) is 6.07 Å². The van der Waals surface area contributed by atoms with Crippen molar-refractivity contribution >= 4 is 0 Å². The van der Waals surface area contributed by atoms with Crippen LogP contribution in [0.5, 0.6) is 0 Å². The zero-order valence-electron chi connectivity index (χ0n) is 5.37. The van der Waals surface area contributed by atoms with E-state index in [1.54, 1.807) is 6.08 Å². The van der Waals surface area contributed by atoms with Crippen LogP contribution in [0.3, 0.4) is 0 Å². The number of nitrogens with zero attached hydrogens (tertiary/aromatic N) is 2. The van der Waals surface area contributed by atoms with Crippen LogP contribution in [0.4, 0.5) is 0 Å². The SMILES string of the molecule is C=CCc1ncoc1C#N. The molecule has 3 heteroatoms. The van der Waals surface area contributed by atoms with Gasteiger partial charge in [-0.15, -0.1) is 6.58 Å². The van der Waals surface area contributed by atoms with Gasteiger partial charge in [0, 0.05) is 6.42 Å². The molecule has 0 amide bonds. The third kappa shape index (κ3) is 1.06. The first-order valence-electron chi connectivity index (χ1n) is 2.82. The molecule has 0 N–H and O–H groups in total. The highest BCUT2D eigenvalue weighted by Gasteiger charge is 2.03. The zero-order chi connectivity index (χ0) is 7.40. The normalized spacial score (nSPS) is 8.70. The van der Waals surface area contributed by atoms with Crippen molar-refractivity contribution in [3.63, 3.8) is 0 Å². The molecule has 1 aromatic heterocycles. The minimum atomic E-state index is 0.278. The molecule has 0 unspecified atom stereocenters. The lowest BCUT2D eigenvalue weighted by Crippen LogP contribution is -1.83. The fourth-order valence-electron chi connectivity index (χ4n) is 0.642. The average molecular weight is 134 g/mol. The molecule has 50 valence electrons. The molecule has 1 aromatic rings. The van der Waals surface area contributed by atoms with E-state index in [1.165, 1.54) is 6.39 Å². The highest BCUT2D eigenvalue weighted by Crippen LogP contribution is 2.04. The minimum absolute atomic E-state index is 0.278. The Hall–Kier alpha value is -1.56. The fourth-order valence-corrected chi connectivity index (χ4v) is 0.642. The Bertz CT molecular complexity index is 269. The Morgan fingerprint density at radius 3 is 3.30 bits per heavy atom. The van der Waals surface area contributed by atoms with Crippen molar-refractivity contribution in [2.45, 2.75) is 6.42 Å². The molecule has 10 heavy (non-hydrogen) atoms. The Balaban J connectivity index is 2.92. The van der Waals surface area contributed by atoms with E-state index in [1.807, 2.05) is 6.07 Å². The van der Waals surface area contributed by atoms with Crippen molar-refractivity contribution < 1.29 is 4.42 Å². The lowest BCUT2D eigenvalue weighted by atomic mass is 10.3. The summed E-state index contributed by atoms with van der Waals surface area (Å²) in [6.07, 6.45) is 3.52. The molecule has 1 heterocycles. The molecule has 0 aromatic carbocycles. The van der Waals surface area contributed by atoms with Gasteiger partial charge in [-0.25, -0.2) is 4.98 Å². The van der Waals surface area contributed by atoms with Gasteiger partial charge in [-0.2, -0.15) is 5.26 Å². The third-order valence-corrected chi connectivity index (χ3v) is 1.08. The third-order valence-electron chi connectivity index (χ3n) is 1.08. The molecule has 0 atom stereocenters. The smallest absolute Gasteiger partial charge is 0.227 e. The van der Waals surface area contributed by atoms with Gasteiger partial charge in [0.1, 0.15) is 11.8 Å². The molecule has 0 bridgehead atoms. The molecule has 0 fully saturated rings. The highest BCUT2D eigenvalue weighted by atomic mass is 16.3. The quantitative estimate of drug-likeness (QED) is 0.572. The molecule has 0 saturated heterocycles. The molecule has 3 nitrogen and oxygen atoms in total. The first kappa shape index (κ1) is 6.56. The number of hydrogen-bond donors (Lipinski definition) is 0. The summed E-state index contributed by atoms with van der Waals surface area (Å²) < 4.78 is 4.75. The van der Waals surface area contributed by atoms with E-state index in [0.29, 0.717) is 12.1 Å². The standard InChI is InChI=1S/C7H6N2O/c1-2-3-6-7(4-8)10-5-9-6/h2,5H,1,3H2. The van der Waals surface area contributed by atoms with E-state index in [9.17, 15) is 0 Å². The summed E-state index contributed by atoms with van der Waals surface area (Å²) >= 11 is 0. The lowest BCUT2D eigenvalue weighted by molar-refractivity contribution is 0.543. The number of hydrogen-bond acceptors (Lipinski definition) is 3. The summed E-state index contributed by atoms with van der Waals surface area (Å²) in [5.41, 5.74) is 0.650. The fraction of sp³-hybridized carbons (Fsp3) is 0.143. The van der Waals surface area contributed by atoms with Crippen LogP contribution in [0.1, 0.15) is 11.5 Å². The summed E-state index contributed by atoms with van der Waals surface area (Å²) in [5, 5.41) is 8.42. The van der Waals surface area contributed by atoms with E-state index >= 15 is 0 Å². The molecule has 0 saturated carbocycles. The van der Waals surface area contributed by atoms with E-state index in [0.717, 1.165) is 0 Å². The van der Waals surface area contributed by atoms with Crippen LogP contribution in [0, 0.1) is 11.3 Å². The van der Waals surface area contributed by atoms with Gasteiger partial charge in [0.2, 0.25) is 5.76 Å². The van der Waals surface area contributed by atoms with Crippen LogP contribution >= 0.6 is 0 Å². The van der Waals surface area contributed by atoms with Gasteiger partial charge < -0.3 is 4.42 Å². The lowest BCUT2D eigenvalue weighted by Gasteiger charge is -1.83. The summed E-state index contributed by atoms with van der Waals surface area (Å²) in [6, 6.07) is 1.88. The number of aromatic nitrogens is 1. The second-order valence-electron chi connectivity index (χ2n) is 1.73. The van der Waals surface area contributed by atoms with Gasteiger partial charge >= 0.3 is 0 Å². The van der Waals surface area contributed by atoms with Crippen LogP contribution < -0.4 is 0 Å². The molecule has 0 aliphatic carbocycles. The number of oxazole rings is 1. The van der Waals surface area contributed by atoms with E-state index in [2.05, 4.69) is 11.6 Å². The van der Waals surface area contributed by atoms with Crippen LogP contribution in [0.25, 0.3) is 0 Å². The summed E-state index contributed by atoms with van der Waals surface area (Å²) in [5.74, 6) is 0.278. The van der Waals surface area contributed by atoms with E-state index < -0.39 is 0 Å². The molecule has 0 spiro atoms. The summed E-state index contributed by atoms with van der Waals surface area (Å²) in [7, 11) is 0. The first-order valence-corrected chi connectivity index (χ1v) is 2.82. The Labute approximate surface area is 58.6 Å². The predicted octanol–water partition coefficient (Wildman–Crippen LogP) is 1.27. The molecular formula is C7H6N2O. The van der Waals surface area contributed by atoms with Crippen molar-refractivity contribution in [2.24, 2.45) is 0 Å². The van der Waals surface area contributed by atoms with Crippen LogP contribution in [0.2, 0.25) is 0 Å². The van der Waals surface area contributed by atoms with Crippen molar-refractivity contribution in [3.05, 3.63) is 30.5 Å².